The van der Waals surface area contributed by atoms with Crippen LogP contribution in [0.25, 0.3) is 0 Å². The Labute approximate surface area is 216 Å². The van der Waals surface area contributed by atoms with Crippen molar-refractivity contribution in [2.75, 3.05) is 18.5 Å². The molecule has 0 fully saturated rings. The lowest BCUT2D eigenvalue weighted by atomic mass is 9.97. The predicted octanol–water partition coefficient (Wildman–Crippen LogP) is 6.35. The van der Waals surface area contributed by atoms with Crippen molar-refractivity contribution in [3.63, 3.8) is 0 Å². The molecule has 1 aromatic carbocycles. The van der Waals surface area contributed by atoms with E-state index in [0.717, 1.165) is 31.5 Å². The number of ether oxygens (including phenoxy) is 2. The summed E-state index contributed by atoms with van der Waals surface area (Å²) in [6.07, 6.45) is 16.4. The normalized spacial score (nSPS) is 12.8. The number of esters is 3. The van der Waals surface area contributed by atoms with E-state index in [2.05, 4.69) is 24.4 Å². The van der Waals surface area contributed by atoms with Crippen LogP contribution in [0.3, 0.4) is 0 Å². The van der Waals surface area contributed by atoms with Crippen molar-refractivity contribution >= 4 is 23.6 Å². The fraction of sp³-hybridized carbons (Fsp3) is 0.621. The molecule has 7 heteroatoms. The van der Waals surface area contributed by atoms with E-state index in [1.54, 1.807) is 31.2 Å². The molecule has 36 heavy (non-hydrogen) atoms. The molecule has 0 radical (unpaired) electrons. The van der Waals surface area contributed by atoms with Gasteiger partial charge in [0.25, 0.3) is 0 Å². The van der Waals surface area contributed by atoms with Crippen molar-refractivity contribution < 1.29 is 29.0 Å². The molecule has 0 saturated heterocycles. The molecule has 0 saturated carbocycles. The molecule has 202 valence electrons. The number of aliphatic hydroxyl groups is 1. The van der Waals surface area contributed by atoms with Crippen molar-refractivity contribution in [3.05, 3.63) is 42.0 Å². The summed E-state index contributed by atoms with van der Waals surface area (Å²) in [6, 6.07) is 6.58. The van der Waals surface area contributed by atoms with Gasteiger partial charge in [-0.1, -0.05) is 64.5 Å². The molecule has 1 rings (SSSR count). The number of unbranched alkanes of at least 4 members (excludes halogenated alkanes) is 8. The first kappa shape index (κ1) is 31.4. The highest BCUT2D eigenvalue weighted by atomic mass is 16.6. The van der Waals surface area contributed by atoms with Gasteiger partial charge in [0.1, 0.15) is 0 Å². The Bertz CT molecular complexity index is 804. The molecular weight excluding hydrogens is 458 g/mol. The number of nitrogens with one attached hydrogen (secondary N) is 1. The molecule has 1 unspecified atom stereocenters. The fourth-order valence-electron chi connectivity index (χ4n) is 3.66. The standard InChI is InChI=1S/C29H45NO6/c1-4-7-8-9-10-11-12-13-14-15-16-17-22-30-25-20-18-24(19-21-25)27(32)36-28(33)29(34,5-2)23-26(31)35-6-3/h14-15,18-21,30,34H,4-13,16-17,22-23H2,1-3H3. The van der Waals surface area contributed by atoms with Crippen LogP contribution in [0, 0.1) is 0 Å². The van der Waals surface area contributed by atoms with E-state index in [1.165, 1.54) is 51.9 Å². The molecule has 1 aromatic rings. The molecular formula is C29H45NO6. The van der Waals surface area contributed by atoms with Crippen LogP contribution in [0.5, 0.6) is 0 Å². The Hall–Kier alpha value is -2.67. The van der Waals surface area contributed by atoms with E-state index >= 15 is 0 Å². The minimum Gasteiger partial charge on any atom is -0.466 e. The highest BCUT2D eigenvalue weighted by Gasteiger charge is 2.40. The Morgan fingerprint density at radius 2 is 1.50 bits per heavy atom. The Morgan fingerprint density at radius 3 is 2.11 bits per heavy atom. The van der Waals surface area contributed by atoms with Crippen molar-refractivity contribution in [3.8, 4) is 0 Å². The highest BCUT2D eigenvalue weighted by Crippen LogP contribution is 2.20. The Kier molecular flexibility index (Phi) is 16.2. The maximum absolute atomic E-state index is 12.3. The molecule has 0 aliphatic carbocycles. The third kappa shape index (κ3) is 12.9. The summed E-state index contributed by atoms with van der Waals surface area (Å²) in [5.41, 5.74) is -1.07. The molecule has 1 atom stereocenters. The van der Waals surface area contributed by atoms with Crippen molar-refractivity contribution in [1.29, 1.82) is 0 Å². The number of rotatable bonds is 19. The molecule has 0 aliphatic rings. The number of hydrogen-bond acceptors (Lipinski definition) is 7. The van der Waals surface area contributed by atoms with Gasteiger partial charge in [-0.25, -0.2) is 9.59 Å². The second-order valence-corrected chi connectivity index (χ2v) is 9.07. The maximum Gasteiger partial charge on any atom is 0.346 e. The monoisotopic (exact) mass is 503 g/mol. The Morgan fingerprint density at radius 1 is 0.889 bits per heavy atom. The summed E-state index contributed by atoms with van der Waals surface area (Å²) >= 11 is 0. The fourth-order valence-corrected chi connectivity index (χ4v) is 3.66. The van der Waals surface area contributed by atoms with Gasteiger partial charge in [0.05, 0.1) is 18.6 Å². The van der Waals surface area contributed by atoms with E-state index in [4.69, 9.17) is 9.47 Å². The molecule has 7 nitrogen and oxygen atoms in total. The molecule has 0 spiro atoms. The number of carbonyl (C=O) groups excluding carboxylic acids is 3. The van der Waals surface area contributed by atoms with E-state index in [9.17, 15) is 19.5 Å². The van der Waals surface area contributed by atoms with Gasteiger partial charge in [0, 0.05) is 12.2 Å². The molecule has 0 aliphatic heterocycles. The van der Waals surface area contributed by atoms with Gasteiger partial charge in [-0.2, -0.15) is 0 Å². The summed E-state index contributed by atoms with van der Waals surface area (Å²) in [5.74, 6) is -2.77. The predicted molar refractivity (Wildman–Crippen MR) is 143 cm³/mol. The second kappa shape index (κ2) is 18.6. The minimum atomic E-state index is -2.11. The zero-order valence-electron chi connectivity index (χ0n) is 22.4. The van der Waals surface area contributed by atoms with Gasteiger partial charge < -0.3 is 19.9 Å². The zero-order valence-corrected chi connectivity index (χ0v) is 22.4. The molecule has 0 bridgehead atoms. The smallest absolute Gasteiger partial charge is 0.346 e. The summed E-state index contributed by atoms with van der Waals surface area (Å²) < 4.78 is 9.61. The number of allylic oxidation sites excluding steroid dienone is 2. The zero-order chi connectivity index (χ0) is 26.7. The lowest BCUT2D eigenvalue weighted by Crippen LogP contribution is -2.43. The molecule has 2 N–H and O–H groups in total. The lowest BCUT2D eigenvalue weighted by molar-refractivity contribution is -0.168. The third-order valence-electron chi connectivity index (χ3n) is 6.03. The molecule has 0 heterocycles. The quantitative estimate of drug-likeness (QED) is 0.0981. The first-order chi connectivity index (χ1) is 17.4. The van der Waals surface area contributed by atoms with Gasteiger partial charge in [0.2, 0.25) is 0 Å². The maximum atomic E-state index is 12.3. The van der Waals surface area contributed by atoms with E-state index in [0.29, 0.717) is 0 Å². The topological polar surface area (TPSA) is 102 Å². The van der Waals surface area contributed by atoms with Crippen LogP contribution in [0.15, 0.2) is 36.4 Å². The van der Waals surface area contributed by atoms with Crippen LogP contribution < -0.4 is 5.32 Å². The summed E-state index contributed by atoms with van der Waals surface area (Å²) in [7, 11) is 0. The first-order valence-electron chi connectivity index (χ1n) is 13.5. The summed E-state index contributed by atoms with van der Waals surface area (Å²) in [4.78, 5) is 36.3. The van der Waals surface area contributed by atoms with Crippen molar-refractivity contribution in [2.45, 2.75) is 103 Å². The van der Waals surface area contributed by atoms with Gasteiger partial charge in [-0.3, -0.25) is 4.79 Å². The average Bonchev–Trinajstić information content (AvgIpc) is 2.87. The van der Waals surface area contributed by atoms with Crippen LogP contribution in [-0.4, -0.2) is 41.8 Å². The van der Waals surface area contributed by atoms with Crippen molar-refractivity contribution in [2.24, 2.45) is 0 Å². The molecule has 0 amide bonds. The van der Waals surface area contributed by atoms with Gasteiger partial charge in [0.15, 0.2) is 5.60 Å². The summed E-state index contributed by atoms with van der Waals surface area (Å²) in [5, 5.41) is 13.7. The van der Waals surface area contributed by atoms with Gasteiger partial charge >= 0.3 is 17.9 Å². The van der Waals surface area contributed by atoms with Gasteiger partial charge in [-0.15, -0.1) is 0 Å². The average molecular weight is 504 g/mol. The number of anilines is 1. The van der Waals surface area contributed by atoms with Crippen LogP contribution in [0.2, 0.25) is 0 Å². The van der Waals surface area contributed by atoms with Crippen LogP contribution in [0.4, 0.5) is 5.69 Å². The highest BCUT2D eigenvalue weighted by molar-refractivity contribution is 6.00. The number of hydrogen-bond donors (Lipinski definition) is 2. The lowest BCUT2D eigenvalue weighted by Gasteiger charge is -2.22. The van der Waals surface area contributed by atoms with Crippen LogP contribution in [-0.2, 0) is 19.1 Å². The minimum absolute atomic E-state index is 0.0882. The van der Waals surface area contributed by atoms with Crippen LogP contribution >= 0.6 is 0 Å². The molecule has 0 aromatic heterocycles. The van der Waals surface area contributed by atoms with E-state index in [1.807, 2.05) is 0 Å². The SMILES string of the molecule is CCCCCCCCCC=CCCCNc1ccc(C(=O)OC(=O)C(O)(CC)CC(=O)OCC)cc1. The summed E-state index contributed by atoms with van der Waals surface area (Å²) in [6.45, 7) is 6.33. The largest absolute Gasteiger partial charge is 0.466 e. The first-order valence-corrected chi connectivity index (χ1v) is 13.5. The van der Waals surface area contributed by atoms with Crippen LogP contribution in [0.1, 0.15) is 108 Å². The second-order valence-electron chi connectivity index (χ2n) is 9.07. The third-order valence-corrected chi connectivity index (χ3v) is 6.03. The van der Waals surface area contributed by atoms with Crippen molar-refractivity contribution in [1.82, 2.24) is 0 Å². The van der Waals surface area contributed by atoms with Gasteiger partial charge in [-0.05, 0) is 63.3 Å². The number of benzene rings is 1. The Balaban J connectivity index is 2.31. The van der Waals surface area contributed by atoms with E-state index in [-0.39, 0.29) is 18.6 Å². The number of carbonyl (C=O) groups is 3. The van der Waals surface area contributed by atoms with E-state index < -0.39 is 29.9 Å².